The van der Waals surface area contributed by atoms with E-state index in [2.05, 4.69) is 60.6 Å². The van der Waals surface area contributed by atoms with Crippen molar-refractivity contribution < 1.29 is 0 Å². The number of rotatable bonds is 5. The molecule has 0 bridgehead atoms. The zero-order chi connectivity index (χ0) is 13.7. The van der Waals surface area contributed by atoms with E-state index in [1.807, 2.05) is 6.92 Å². The van der Waals surface area contributed by atoms with Crippen molar-refractivity contribution in [3.63, 3.8) is 0 Å². The minimum atomic E-state index is 1.04. The Balaban J connectivity index is 2.18. The molecule has 0 aliphatic carbocycles. The van der Waals surface area contributed by atoms with Gasteiger partial charge < -0.3 is 5.32 Å². The molecule has 0 fully saturated rings. The number of allylic oxidation sites excluding steroid dienone is 1. The third-order valence-corrected chi connectivity index (χ3v) is 3.31. The van der Waals surface area contributed by atoms with Crippen LogP contribution in [0.2, 0.25) is 0 Å². The Kier molecular flexibility index (Phi) is 4.69. The number of aromatic nitrogens is 1. The van der Waals surface area contributed by atoms with Gasteiger partial charge in [-0.15, -0.1) is 0 Å². The molecule has 2 aromatic rings. The molecule has 2 nitrogen and oxygen atoms in total. The van der Waals surface area contributed by atoms with Crippen molar-refractivity contribution in [2.45, 2.75) is 27.2 Å². The van der Waals surface area contributed by atoms with Crippen molar-refractivity contribution in [2.75, 3.05) is 13.1 Å². The quantitative estimate of drug-likeness (QED) is 0.817. The van der Waals surface area contributed by atoms with Gasteiger partial charge in [0.25, 0.3) is 0 Å². The number of nitrogens with one attached hydrogen (secondary N) is 1. The van der Waals surface area contributed by atoms with Crippen LogP contribution in [0.3, 0.4) is 0 Å². The van der Waals surface area contributed by atoms with Crippen LogP contribution in [0.4, 0.5) is 0 Å². The second-order valence-electron chi connectivity index (χ2n) is 4.89. The lowest BCUT2D eigenvalue weighted by Gasteiger charge is -2.05. The summed E-state index contributed by atoms with van der Waals surface area (Å²) in [6.45, 7) is 8.42. The molecule has 0 radical (unpaired) electrons. The molecule has 100 valence electrons. The Morgan fingerprint density at radius 2 is 2.11 bits per heavy atom. The highest BCUT2D eigenvalue weighted by Crippen LogP contribution is 2.20. The van der Waals surface area contributed by atoms with Crippen LogP contribution in [-0.4, -0.2) is 18.1 Å². The van der Waals surface area contributed by atoms with Crippen molar-refractivity contribution in [1.29, 1.82) is 0 Å². The molecular formula is C17H22N2. The molecular weight excluding hydrogens is 232 g/mol. The number of benzene rings is 1. The monoisotopic (exact) mass is 254 g/mol. The molecule has 0 unspecified atom stereocenters. The molecule has 0 aliphatic heterocycles. The second-order valence-corrected chi connectivity index (χ2v) is 4.89. The van der Waals surface area contributed by atoms with Crippen LogP contribution < -0.4 is 5.32 Å². The number of nitrogens with zero attached hydrogens (tertiary/aromatic N) is 1. The van der Waals surface area contributed by atoms with Gasteiger partial charge in [-0.3, -0.25) is 4.98 Å². The third-order valence-electron chi connectivity index (χ3n) is 3.31. The Hall–Kier alpha value is -1.67. The first kappa shape index (κ1) is 13.8. The Bertz CT molecular complexity index is 585. The smallest absolute Gasteiger partial charge is 0.0705 e. The normalized spacial score (nSPS) is 12.1. The average Bonchev–Trinajstić information content (AvgIpc) is 2.42. The number of hydrogen-bond acceptors (Lipinski definition) is 2. The van der Waals surface area contributed by atoms with Crippen LogP contribution in [0.25, 0.3) is 16.5 Å². The fourth-order valence-electron chi connectivity index (χ4n) is 2.16. The average molecular weight is 254 g/mol. The first-order valence-corrected chi connectivity index (χ1v) is 6.96. The number of fused-ring (bicyclic) bond motifs is 1. The molecule has 19 heavy (non-hydrogen) atoms. The van der Waals surface area contributed by atoms with Crippen LogP contribution >= 0.6 is 0 Å². The van der Waals surface area contributed by atoms with E-state index >= 15 is 0 Å². The molecule has 0 spiro atoms. The highest BCUT2D eigenvalue weighted by molar-refractivity contribution is 5.83. The van der Waals surface area contributed by atoms with E-state index in [9.17, 15) is 0 Å². The van der Waals surface area contributed by atoms with Gasteiger partial charge >= 0.3 is 0 Å². The van der Waals surface area contributed by atoms with Crippen molar-refractivity contribution in [2.24, 2.45) is 0 Å². The highest BCUT2D eigenvalue weighted by atomic mass is 14.8. The molecule has 1 N–H and O–H groups in total. The fourth-order valence-corrected chi connectivity index (χ4v) is 2.16. The van der Waals surface area contributed by atoms with E-state index in [4.69, 9.17) is 0 Å². The van der Waals surface area contributed by atoms with Crippen molar-refractivity contribution >= 4 is 16.5 Å². The summed E-state index contributed by atoms with van der Waals surface area (Å²) in [5, 5.41) is 4.55. The van der Waals surface area contributed by atoms with E-state index in [0.717, 1.165) is 30.7 Å². The summed E-state index contributed by atoms with van der Waals surface area (Å²) >= 11 is 0. The molecule has 0 atom stereocenters. The molecule has 0 amide bonds. The maximum Gasteiger partial charge on any atom is 0.0705 e. The minimum absolute atomic E-state index is 1.04. The number of pyridine rings is 1. The molecule has 0 saturated carbocycles. The zero-order valence-corrected chi connectivity index (χ0v) is 12.0. The molecule has 1 aromatic heterocycles. The summed E-state index contributed by atoms with van der Waals surface area (Å²) in [5.41, 5.74) is 4.76. The van der Waals surface area contributed by atoms with Crippen LogP contribution in [-0.2, 0) is 0 Å². The van der Waals surface area contributed by atoms with Gasteiger partial charge in [0.2, 0.25) is 0 Å². The summed E-state index contributed by atoms with van der Waals surface area (Å²) in [6, 6.07) is 10.7. The fraction of sp³-hybridized carbons (Fsp3) is 0.353. The van der Waals surface area contributed by atoms with E-state index in [-0.39, 0.29) is 0 Å². The van der Waals surface area contributed by atoms with Gasteiger partial charge in [-0.2, -0.15) is 0 Å². The highest BCUT2D eigenvalue weighted by Gasteiger charge is 1.99. The van der Waals surface area contributed by atoms with E-state index < -0.39 is 0 Å². The maximum atomic E-state index is 4.53. The predicted molar refractivity (Wildman–Crippen MR) is 83.3 cm³/mol. The molecule has 2 rings (SSSR count). The van der Waals surface area contributed by atoms with Crippen LogP contribution in [0, 0.1) is 6.92 Å². The predicted octanol–water partition coefficient (Wildman–Crippen LogP) is 3.95. The van der Waals surface area contributed by atoms with Gasteiger partial charge in [0.05, 0.1) is 5.52 Å². The summed E-state index contributed by atoms with van der Waals surface area (Å²) in [5.74, 6) is 0. The van der Waals surface area contributed by atoms with Gasteiger partial charge in [-0.25, -0.2) is 0 Å². The van der Waals surface area contributed by atoms with E-state index in [1.165, 1.54) is 16.5 Å². The van der Waals surface area contributed by atoms with Crippen molar-refractivity contribution in [1.82, 2.24) is 10.3 Å². The standard InChI is InChI=1S/C17H22N2/c1-4-18-11-5-6-13(2)15-9-10-17-16(12-15)8-7-14(3)19-17/h6-10,12,18H,4-5,11H2,1-3H3/b13-6-. The van der Waals surface area contributed by atoms with Crippen LogP contribution in [0.1, 0.15) is 31.5 Å². The van der Waals surface area contributed by atoms with Gasteiger partial charge in [0.15, 0.2) is 0 Å². The summed E-state index contributed by atoms with van der Waals surface area (Å²) in [6.07, 6.45) is 3.37. The molecule has 2 heteroatoms. The molecule has 1 aromatic carbocycles. The van der Waals surface area contributed by atoms with Crippen molar-refractivity contribution in [3.8, 4) is 0 Å². The number of hydrogen-bond donors (Lipinski definition) is 1. The van der Waals surface area contributed by atoms with Gasteiger partial charge in [-0.05, 0) is 62.7 Å². The van der Waals surface area contributed by atoms with Gasteiger partial charge in [-0.1, -0.05) is 25.1 Å². The lowest BCUT2D eigenvalue weighted by Crippen LogP contribution is -2.13. The van der Waals surface area contributed by atoms with Crippen molar-refractivity contribution in [3.05, 3.63) is 47.7 Å². The molecule has 0 saturated heterocycles. The summed E-state index contributed by atoms with van der Waals surface area (Å²) in [7, 11) is 0. The SMILES string of the molecule is CCNCC/C=C(/C)c1ccc2nc(C)ccc2c1. The molecule has 1 heterocycles. The Labute approximate surface area is 115 Å². The maximum absolute atomic E-state index is 4.53. The van der Waals surface area contributed by atoms with Crippen LogP contribution in [0.5, 0.6) is 0 Å². The third kappa shape index (κ3) is 3.65. The summed E-state index contributed by atoms with van der Waals surface area (Å²) in [4.78, 5) is 4.53. The van der Waals surface area contributed by atoms with Gasteiger partial charge in [0.1, 0.15) is 0 Å². The first-order valence-electron chi connectivity index (χ1n) is 6.96. The van der Waals surface area contributed by atoms with E-state index in [0.29, 0.717) is 0 Å². The lowest BCUT2D eigenvalue weighted by molar-refractivity contribution is 0.727. The largest absolute Gasteiger partial charge is 0.317 e. The van der Waals surface area contributed by atoms with E-state index in [1.54, 1.807) is 0 Å². The summed E-state index contributed by atoms with van der Waals surface area (Å²) < 4.78 is 0. The Morgan fingerprint density at radius 1 is 1.26 bits per heavy atom. The first-order chi connectivity index (χ1) is 9.20. The second kappa shape index (κ2) is 6.48. The van der Waals surface area contributed by atoms with Crippen LogP contribution in [0.15, 0.2) is 36.4 Å². The molecule has 0 aliphatic rings. The number of aryl methyl sites for hydroxylation is 1. The zero-order valence-electron chi connectivity index (χ0n) is 12.0. The Morgan fingerprint density at radius 3 is 2.89 bits per heavy atom. The topological polar surface area (TPSA) is 24.9 Å². The minimum Gasteiger partial charge on any atom is -0.317 e. The lowest BCUT2D eigenvalue weighted by atomic mass is 10.0. The van der Waals surface area contributed by atoms with Gasteiger partial charge in [0, 0.05) is 11.1 Å².